The Morgan fingerprint density at radius 3 is 2.65 bits per heavy atom. The molecule has 0 unspecified atom stereocenters. The normalized spacial score (nSPS) is 11.7. The molecule has 1 atom stereocenters. The van der Waals surface area contributed by atoms with Crippen molar-refractivity contribution in [1.82, 2.24) is 9.97 Å². The Balaban J connectivity index is 0.00000169. The molecule has 3 aromatic heterocycles. The number of nitrogens with zero attached hydrogens (tertiary/aromatic N) is 2. The van der Waals surface area contributed by atoms with Crippen molar-refractivity contribution in [2.45, 2.75) is 39.3 Å². The highest BCUT2D eigenvalue weighted by Gasteiger charge is 2.17. The summed E-state index contributed by atoms with van der Waals surface area (Å²) in [7, 11) is 0. The van der Waals surface area contributed by atoms with E-state index in [2.05, 4.69) is 22.2 Å². The van der Waals surface area contributed by atoms with E-state index in [1.54, 1.807) is 16.7 Å². The third kappa shape index (κ3) is 4.97. The van der Waals surface area contributed by atoms with Crippen molar-refractivity contribution in [3.05, 3.63) is 37.9 Å². The van der Waals surface area contributed by atoms with Gasteiger partial charge in [-0.15, -0.1) is 47.5 Å². The molecule has 0 fully saturated rings. The Kier molecular flexibility index (Phi) is 8.99. The predicted molar refractivity (Wildman–Crippen MR) is 115 cm³/mol. The lowest BCUT2D eigenvalue weighted by Gasteiger charge is -2.06. The molecule has 0 saturated heterocycles. The van der Waals surface area contributed by atoms with Gasteiger partial charge in [-0.3, -0.25) is 0 Å². The van der Waals surface area contributed by atoms with E-state index in [0.717, 1.165) is 28.6 Å². The number of anilines is 1. The lowest BCUT2D eigenvalue weighted by molar-refractivity contribution is 0.621. The predicted octanol–water partition coefficient (Wildman–Crippen LogP) is 5.59. The van der Waals surface area contributed by atoms with Crippen molar-refractivity contribution in [2.75, 3.05) is 5.32 Å². The average Bonchev–Trinajstić information content (AvgIpc) is 3.10. The van der Waals surface area contributed by atoms with E-state index in [4.69, 9.17) is 17.3 Å². The van der Waals surface area contributed by atoms with E-state index in [9.17, 15) is 4.39 Å². The number of aryl methyl sites for hydroxylation is 1. The number of fused-ring (bicyclic) bond motifs is 1. The summed E-state index contributed by atoms with van der Waals surface area (Å²) in [4.78, 5) is 10.5. The van der Waals surface area contributed by atoms with Gasteiger partial charge in [0.2, 0.25) is 5.28 Å². The monoisotopic (exact) mass is 456 g/mol. The maximum absolute atomic E-state index is 13.6. The first-order valence-electron chi connectivity index (χ1n) is 7.66. The van der Waals surface area contributed by atoms with Crippen LogP contribution < -0.4 is 11.1 Å². The first kappa shape index (κ1) is 23.3. The number of nitrogens with two attached hydrogens (primary N) is 1. The summed E-state index contributed by atoms with van der Waals surface area (Å²) in [6.07, 6.45) is 1.73. The van der Waals surface area contributed by atoms with Crippen molar-refractivity contribution in [3.63, 3.8) is 0 Å². The lowest BCUT2D eigenvalue weighted by atomic mass is 10.1. The Morgan fingerprint density at radius 1 is 1.31 bits per heavy atom. The van der Waals surface area contributed by atoms with Crippen molar-refractivity contribution in [3.8, 4) is 0 Å². The second-order valence-corrected chi connectivity index (χ2v) is 8.03. The van der Waals surface area contributed by atoms with Crippen LogP contribution in [0.2, 0.25) is 5.28 Å². The molecule has 3 N–H and O–H groups in total. The van der Waals surface area contributed by atoms with Crippen LogP contribution in [0, 0.1) is 12.7 Å². The van der Waals surface area contributed by atoms with Crippen molar-refractivity contribution >= 4 is 75.1 Å². The summed E-state index contributed by atoms with van der Waals surface area (Å²) < 4.78 is 14.5. The quantitative estimate of drug-likeness (QED) is 0.474. The van der Waals surface area contributed by atoms with Gasteiger partial charge in [-0.25, -0.2) is 9.37 Å². The first-order valence-corrected chi connectivity index (χ1v) is 9.73. The van der Waals surface area contributed by atoms with E-state index in [-0.39, 0.29) is 42.0 Å². The van der Waals surface area contributed by atoms with Gasteiger partial charge in [-0.05, 0) is 48.4 Å². The van der Waals surface area contributed by atoms with Crippen LogP contribution in [0.1, 0.15) is 28.7 Å². The zero-order valence-electron chi connectivity index (χ0n) is 14.2. The summed E-state index contributed by atoms with van der Waals surface area (Å²) in [6.45, 7) is 4.47. The van der Waals surface area contributed by atoms with Crippen molar-refractivity contribution < 1.29 is 4.39 Å². The molecule has 26 heavy (non-hydrogen) atoms. The van der Waals surface area contributed by atoms with Crippen LogP contribution in [0.15, 0.2) is 11.4 Å². The van der Waals surface area contributed by atoms with Gasteiger partial charge in [0.1, 0.15) is 11.6 Å². The maximum Gasteiger partial charge on any atom is 0.224 e. The zero-order chi connectivity index (χ0) is 17.3. The van der Waals surface area contributed by atoms with Crippen LogP contribution in [0.5, 0.6) is 0 Å². The molecular formula is C16H20Cl3FN4S2. The highest BCUT2D eigenvalue weighted by molar-refractivity contribution is 7.19. The van der Waals surface area contributed by atoms with Gasteiger partial charge in [0, 0.05) is 10.9 Å². The van der Waals surface area contributed by atoms with Crippen LogP contribution in [0.25, 0.3) is 10.2 Å². The molecule has 144 valence electrons. The number of thiophene rings is 2. The van der Waals surface area contributed by atoms with Crippen molar-refractivity contribution in [1.29, 1.82) is 0 Å². The van der Waals surface area contributed by atoms with E-state index in [0.29, 0.717) is 17.2 Å². The highest BCUT2D eigenvalue weighted by Crippen LogP contribution is 2.35. The second kappa shape index (κ2) is 10.0. The fourth-order valence-electron chi connectivity index (χ4n) is 2.42. The molecule has 0 amide bonds. The Bertz CT molecular complexity index is 869. The third-order valence-corrected chi connectivity index (χ3v) is 6.29. The third-order valence-electron chi connectivity index (χ3n) is 3.92. The SMILES string of the molecule is CC[C@H](N)Cc1sc2c(NCc3sccc3F)nc(Cl)nc2c1C.Cl.Cl. The second-order valence-electron chi connectivity index (χ2n) is 5.59. The number of halogens is 4. The highest BCUT2D eigenvalue weighted by atomic mass is 35.5. The summed E-state index contributed by atoms with van der Waals surface area (Å²) in [6, 6.07) is 1.58. The molecule has 3 rings (SSSR count). The Morgan fingerprint density at radius 2 is 2.04 bits per heavy atom. The minimum absolute atomic E-state index is 0. The first-order chi connectivity index (χ1) is 11.5. The minimum atomic E-state index is -0.208. The molecule has 0 saturated carbocycles. The number of hydrogen-bond acceptors (Lipinski definition) is 6. The van der Waals surface area contributed by atoms with Gasteiger partial charge in [0.25, 0.3) is 0 Å². The molecular weight excluding hydrogens is 438 g/mol. The summed E-state index contributed by atoms with van der Waals surface area (Å²) in [5, 5.41) is 5.11. The van der Waals surface area contributed by atoms with Gasteiger partial charge in [-0.1, -0.05) is 6.92 Å². The standard InChI is InChI=1S/C16H18ClFN4S2.2ClH/c1-3-9(19)6-11-8(2)13-14(24-11)15(22-16(17)21-13)20-7-12-10(18)4-5-23-12;;/h4-5,9H,3,6-7,19H2,1-2H3,(H,20,21,22);2*1H/t9-;;/m0../s1. The van der Waals surface area contributed by atoms with E-state index in [1.165, 1.54) is 22.3 Å². The molecule has 10 heteroatoms. The molecule has 3 aromatic rings. The van der Waals surface area contributed by atoms with Crippen LogP contribution in [-0.4, -0.2) is 16.0 Å². The Hall–Kier alpha value is -0.700. The van der Waals surface area contributed by atoms with Gasteiger partial charge >= 0.3 is 0 Å². The molecule has 0 aliphatic rings. The number of nitrogens with one attached hydrogen (secondary N) is 1. The smallest absolute Gasteiger partial charge is 0.224 e. The molecule has 0 radical (unpaired) electrons. The fourth-order valence-corrected chi connectivity index (χ4v) is 4.58. The van der Waals surface area contributed by atoms with E-state index < -0.39 is 0 Å². The largest absolute Gasteiger partial charge is 0.364 e. The van der Waals surface area contributed by atoms with Gasteiger partial charge < -0.3 is 11.1 Å². The summed E-state index contributed by atoms with van der Waals surface area (Å²) in [5.74, 6) is 0.433. The molecule has 3 heterocycles. The molecule has 0 aromatic carbocycles. The van der Waals surface area contributed by atoms with E-state index >= 15 is 0 Å². The molecule has 0 aliphatic heterocycles. The van der Waals surface area contributed by atoms with Gasteiger partial charge in [0.05, 0.1) is 21.6 Å². The fraction of sp³-hybridized carbons (Fsp3) is 0.375. The van der Waals surface area contributed by atoms with Crippen LogP contribution in [0.4, 0.5) is 10.2 Å². The van der Waals surface area contributed by atoms with Gasteiger partial charge in [0.15, 0.2) is 0 Å². The van der Waals surface area contributed by atoms with Crippen LogP contribution in [0.3, 0.4) is 0 Å². The number of hydrogen-bond donors (Lipinski definition) is 2. The molecule has 0 aliphatic carbocycles. The van der Waals surface area contributed by atoms with E-state index in [1.807, 2.05) is 6.92 Å². The van der Waals surface area contributed by atoms with Gasteiger partial charge in [-0.2, -0.15) is 4.98 Å². The minimum Gasteiger partial charge on any atom is -0.364 e. The average molecular weight is 458 g/mol. The van der Waals surface area contributed by atoms with Crippen molar-refractivity contribution in [2.24, 2.45) is 5.73 Å². The van der Waals surface area contributed by atoms with Crippen LogP contribution >= 0.6 is 59.1 Å². The summed E-state index contributed by atoms with van der Waals surface area (Å²) in [5.41, 5.74) is 8.02. The lowest BCUT2D eigenvalue weighted by Crippen LogP contribution is -2.21. The zero-order valence-corrected chi connectivity index (χ0v) is 18.2. The summed E-state index contributed by atoms with van der Waals surface area (Å²) >= 11 is 9.08. The number of rotatable bonds is 6. The maximum atomic E-state index is 13.6. The molecule has 0 spiro atoms. The molecule has 0 bridgehead atoms. The Labute approximate surface area is 177 Å². The van der Waals surface area contributed by atoms with Crippen LogP contribution in [-0.2, 0) is 13.0 Å². The molecule has 4 nitrogen and oxygen atoms in total. The number of aromatic nitrogens is 2. The topological polar surface area (TPSA) is 63.8 Å².